The van der Waals surface area contributed by atoms with Crippen molar-refractivity contribution in [1.29, 1.82) is 0 Å². The van der Waals surface area contributed by atoms with Crippen molar-refractivity contribution in [3.05, 3.63) is 63.6 Å². The fourth-order valence-corrected chi connectivity index (χ4v) is 4.34. The van der Waals surface area contributed by atoms with Crippen LogP contribution in [0.15, 0.2) is 30.5 Å². The molecule has 1 aliphatic heterocycles. The summed E-state index contributed by atoms with van der Waals surface area (Å²) >= 11 is 5.85. The maximum absolute atomic E-state index is 13.4. The Morgan fingerprint density at radius 1 is 1.30 bits per heavy atom. The molecule has 2 heterocycles. The Morgan fingerprint density at radius 3 is 2.70 bits per heavy atom. The molecule has 10 heteroatoms. The minimum absolute atomic E-state index is 0.00111. The zero-order valence-electron chi connectivity index (χ0n) is 16.0. The smallest absolute Gasteiger partial charge is 0.255 e. The highest BCUT2D eigenvalue weighted by atomic mass is 35.5. The minimum atomic E-state index is -3.66. The highest BCUT2D eigenvalue weighted by Crippen LogP contribution is 2.42. The van der Waals surface area contributed by atoms with Crippen LogP contribution in [0.3, 0.4) is 0 Å². The van der Waals surface area contributed by atoms with E-state index in [1.165, 1.54) is 25.4 Å². The van der Waals surface area contributed by atoms with Crippen LogP contribution in [-0.2, 0) is 23.0 Å². The summed E-state index contributed by atoms with van der Waals surface area (Å²) in [6.45, 7) is 0.0880. The lowest BCUT2D eigenvalue weighted by Crippen LogP contribution is -2.26. The van der Waals surface area contributed by atoms with Crippen LogP contribution in [0, 0.1) is 5.82 Å². The fourth-order valence-electron chi connectivity index (χ4n) is 3.60. The van der Waals surface area contributed by atoms with Gasteiger partial charge in [-0.1, -0.05) is 17.7 Å². The molecule has 2 N–H and O–H groups in total. The summed E-state index contributed by atoms with van der Waals surface area (Å²) in [7, 11) is -2.27. The average Bonchev–Trinajstić information content (AvgIpc) is 3.05. The molecule has 156 valence electrons. The number of benzene rings is 2. The highest BCUT2D eigenvalue weighted by molar-refractivity contribution is 7.92. The first-order valence-corrected chi connectivity index (χ1v) is 11.1. The Balaban J connectivity index is 1.94. The van der Waals surface area contributed by atoms with Crippen LogP contribution in [-0.4, -0.2) is 37.7 Å². The van der Waals surface area contributed by atoms with Gasteiger partial charge in [-0.15, -0.1) is 0 Å². The third kappa shape index (κ3) is 3.33. The number of hydrogen-bond donors (Lipinski definition) is 2. The number of fused-ring (bicyclic) bond motifs is 2. The molecule has 4 rings (SSSR count). The van der Waals surface area contributed by atoms with Crippen LogP contribution in [0.1, 0.15) is 27.0 Å². The number of nitrogens with zero attached hydrogens (tertiary/aromatic N) is 2. The maximum atomic E-state index is 13.4. The number of sulfonamides is 1. The summed E-state index contributed by atoms with van der Waals surface area (Å²) in [5, 5.41) is 13.7. The summed E-state index contributed by atoms with van der Waals surface area (Å²) in [6.07, 6.45) is 2.93. The Hall–Kier alpha value is -2.91. The van der Waals surface area contributed by atoms with Gasteiger partial charge in [0, 0.05) is 30.7 Å². The first-order chi connectivity index (χ1) is 14.1. The lowest BCUT2D eigenvalue weighted by molar-refractivity contribution is 0.0963. The quantitative estimate of drug-likeness (QED) is 0.638. The molecule has 1 aliphatic rings. The number of phenolic OH excluding ortho intramolecular Hbond substituents is 1. The van der Waals surface area contributed by atoms with Crippen molar-refractivity contribution in [2.75, 3.05) is 17.6 Å². The lowest BCUT2D eigenvalue weighted by Gasteiger charge is -2.22. The van der Waals surface area contributed by atoms with E-state index in [-0.39, 0.29) is 34.1 Å². The number of aromatic nitrogens is 1. The molecule has 0 saturated heterocycles. The summed E-state index contributed by atoms with van der Waals surface area (Å²) < 4.78 is 39.1. The number of aromatic hydroxyl groups is 1. The molecule has 30 heavy (non-hydrogen) atoms. The molecule has 7 nitrogen and oxygen atoms in total. The average molecular weight is 450 g/mol. The van der Waals surface area contributed by atoms with Gasteiger partial charge >= 0.3 is 0 Å². The lowest BCUT2D eigenvalue weighted by atomic mass is 9.98. The van der Waals surface area contributed by atoms with Crippen LogP contribution in [0.4, 0.5) is 10.1 Å². The molecule has 0 spiro atoms. The molecule has 0 aliphatic carbocycles. The van der Waals surface area contributed by atoms with Gasteiger partial charge in [0.05, 0.1) is 22.5 Å². The normalized spacial score (nSPS) is 13.4. The first-order valence-electron chi connectivity index (χ1n) is 8.90. The van der Waals surface area contributed by atoms with Crippen LogP contribution in [0.5, 0.6) is 5.75 Å². The standard InChI is InChI=1S/C20H17ClFN3O4S/c1-25(30(2,28)29)18-12-6-11(5-10-3-4-15(22)14(21)7-10)8-23-17(12)19(26)16-13(18)9-24-20(16)27/h3-4,6-8,26H,5,9H2,1-2H3,(H,24,27). The molecule has 0 unspecified atom stereocenters. The number of pyridine rings is 1. The fraction of sp³-hybridized carbons (Fsp3) is 0.200. The third-order valence-electron chi connectivity index (χ3n) is 5.11. The summed E-state index contributed by atoms with van der Waals surface area (Å²) in [4.78, 5) is 16.5. The highest BCUT2D eigenvalue weighted by Gasteiger charge is 2.32. The predicted molar refractivity (Wildman–Crippen MR) is 112 cm³/mol. The summed E-state index contributed by atoms with van der Waals surface area (Å²) in [5.41, 5.74) is 2.26. The number of phenols is 1. The molecule has 0 saturated carbocycles. The van der Waals surface area contributed by atoms with Crippen molar-refractivity contribution in [3.63, 3.8) is 0 Å². The molecule has 0 fully saturated rings. The van der Waals surface area contributed by atoms with Gasteiger partial charge in [0.25, 0.3) is 5.91 Å². The largest absolute Gasteiger partial charge is 0.505 e. The van der Waals surface area contributed by atoms with Gasteiger partial charge in [0.2, 0.25) is 10.0 Å². The molecular formula is C20H17ClFN3O4S. The zero-order valence-corrected chi connectivity index (χ0v) is 17.6. The van der Waals surface area contributed by atoms with E-state index < -0.39 is 21.7 Å². The number of carbonyl (C=O) groups is 1. The van der Waals surface area contributed by atoms with Crippen LogP contribution < -0.4 is 9.62 Å². The molecule has 0 bridgehead atoms. The Bertz CT molecular complexity index is 1330. The van der Waals surface area contributed by atoms with Crippen LogP contribution in [0.2, 0.25) is 5.02 Å². The van der Waals surface area contributed by atoms with Crippen molar-refractivity contribution < 1.29 is 22.7 Å². The van der Waals surface area contributed by atoms with E-state index in [1.54, 1.807) is 12.1 Å². The summed E-state index contributed by atoms with van der Waals surface area (Å²) in [6, 6.07) is 6.08. The molecule has 3 aromatic rings. The summed E-state index contributed by atoms with van der Waals surface area (Å²) in [5.74, 6) is -1.30. The minimum Gasteiger partial charge on any atom is -0.505 e. The number of hydrogen-bond acceptors (Lipinski definition) is 5. The SMILES string of the molecule is CN(c1c2c(c(O)c3ncc(Cc4ccc(F)c(Cl)c4)cc13)C(=O)NC2)S(C)(=O)=O. The van der Waals surface area contributed by atoms with Crippen LogP contribution in [0.25, 0.3) is 10.9 Å². The van der Waals surface area contributed by atoms with E-state index in [0.717, 1.165) is 16.1 Å². The maximum Gasteiger partial charge on any atom is 0.255 e. The first kappa shape index (κ1) is 20.4. The van der Waals surface area contributed by atoms with E-state index in [2.05, 4.69) is 10.3 Å². The van der Waals surface area contributed by atoms with E-state index in [4.69, 9.17) is 11.6 Å². The topological polar surface area (TPSA) is 99.6 Å². The number of carbonyl (C=O) groups excluding carboxylic acids is 1. The zero-order chi connectivity index (χ0) is 21.8. The number of amides is 1. The van der Waals surface area contributed by atoms with E-state index in [9.17, 15) is 22.7 Å². The molecular weight excluding hydrogens is 433 g/mol. The molecule has 0 radical (unpaired) electrons. The number of nitrogens with one attached hydrogen (secondary N) is 1. The van der Waals surface area contributed by atoms with Gasteiger partial charge < -0.3 is 10.4 Å². The van der Waals surface area contributed by atoms with Gasteiger partial charge in [-0.3, -0.25) is 14.1 Å². The molecule has 0 atom stereocenters. The van der Waals surface area contributed by atoms with Crippen molar-refractivity contribution in [2.24, 2.45) is 0 Å². The van der Waals surface area contributed by atoms with E-state index in [1.807, 2.05) is 0 Å². The molecule has 2 aromatic carbocycles. The van der Waals surface area contributed by atoms with Gasteiger partial charge in [-0.05, 0) is 35.7 Å². The van der Waals surface area contributed by atoms with Gasteiger partial charge in [-0.25, -0.2) is 12.8 Å². The van der Waals surface area contributed by atoms with Crippen LogP contribution >= 0.6 is 11.6 Å². The third-order valence-corrected chi connectivity index (χ3v) is 6.57. The van der Waals surface area contributed by atoms with Crippen molar-refractivity contribution in [1.82, 2.24) is 10.3 Å². The van der Waals surface area contributed by atoms with Crippen molar-refractivity contribution in [3.8, 4) is 5.75 Å². The van der Waals surface area contributed by atoms with E-state index >= 15 is 0 Å². The monoisotopic (exact) mass is 449 g/mol. The number of anilines is 1. The van der Waals surface area contributed by atoms with Crippen molar-refractivity contribution >= 4 is 44.1 Å². The number of halogens is 2. The van der Waals surface area contributed by atoms with Crippen molar-refractivity contribution in [2.45, 2.75) is 13.0 Å². The Labute approximate surface area is 177 Å². The second kappa shape index (κ2) is 7.10. The second-order valence-corrected chi connectivity index (χ2v) is 9.55. The second-order valence-electron chi connectivity index (χ2n) is 7.13. The number of rotatable bonds is 4. The van der Waals surface area contributed by atoms with Gasteiger partial charge in [0.1, 0.15) is 11.3 Å². The predicted octanol–water partition coefficient (Wildman–Crippen LogP) is 2.96. The molecule has 1 amide bonds. The Morgan fingerprint density at radius 2 is 2.03 bits per heavy atom. The van der Waals surface area contributed by atoms with Gasteiger partial charge in [-0.2, -0.15) is 0 Å². The van der Waals surface area contributed by atoms with Gasteiger partial charge in [0.15, 0.2) is 5.75 Å². The Kier molecular flexibility index (Phi) is 4.82. The molecule has 1 aromatic heterocycles. The van der Waals surface area contributed by atoms with E-state index in [0.29, 0.717) is 22.9 Å².